The van der Waals surface area contributed by atoms with Crippen molar-refractivity contribution in [3.63, 3.8) is 0 Å². The lowest BCUT2D eigenvalue weighted by Crippen LogP contribution is -1.84. The van der Waals surface area contributed by atoms with Gasteiger partial charge < -0.3 is 0 Å². The third-order valence-electron chi connectivity index (χ3n) is 6.41. The molecule has 0 bridgehead atoms. The van der Waals surface area contributed by atoms with Crippen molar-refractivity contribution in [3.05, 3.63) is 26.0 Å². The summed E-state index contributed by atoms with van der Waals surface area (Å²) in [7, 11) is 0. The number of unbranched alkanes of at least 4 members (excludes halogenated alkanes) is 24. The Morgan fingerprint density at radius 2 is 0.500 bits per heavy atom. The molecule has 0 saturated carbocycles. The fourth-order valence-corrected chi connectivity index (χ4v) is 4.30. The normalized spacial score (nSPS) is 11.7. The van der Waals surface area contributed by atoms with Gasteiger partial charge in [0, 0.05) is 0 Å². The van der Waals surface area contributed by atoms with Crippen LogP contribution in [-0.4, -0.2) is 0 Å². The summed E-state index contributed by atoms with van der Waals surface area (Å²) in [5.41, 5.74) is 0. The zero-order valence-electron chi connectivity index (χ0n) is 21.0. The summed E-state index contributed by atoms with van der Waals surface area (Å²) < 4.78 is 0. The molecule has 0 aromatic heterocycles. The Morgan fingerprint density at radius 3 is 0.800 bits per heavy atom. The minimum Gasteiger partial charge on any atom is -0.0885 e. The van der Waals surface area contributed by atoms with Gasteiger partial charge in [-0.1, -0.05) is 167 Å². The number of rotatable bonds is 26. The average Bonchev–Trinajstić information content (AvgIpc) is 2.76. The molecule has 2 radical (unpaired) electrons. The summed E-state index contributed by atoms with van der Waals surface area (Å²) in [6, 6.07) is 0. The zero-order chi connectivity index (χ0) is 21.8. The van der Waals surface area contributed by atoms with Crippen molar-refractivity contribution >= 4 is 0 Å². The maximum Gasteiger partial charge on any atom is -0.0351 e. The molecule has 0 amide bonds. The first-order chi connectivity index (χ1) is 14.9. The van der Waals surface area contributed by atoms with Gasteiger partial charge in [-0.3, -0.25) is 0 Å². The molecule has 178 valence electrons. The third kappa shape index (κ3) is 27.7. The Labute approximate surface area is 193 Å². The van der Waals surface area contributed by atoms with Crippen LogP contribution in [-0.2, 0) is 0 Å². The summed E-state index contributed by atoms with van der Waals surface area (Å²) in [6.45, 7) is 7.80. The van der Waals surface area contributed by atoms with Crippen molar-refractivity contribution in [1.29, 1.82) is 0 Å². The maximum absolute atomic E-state index is 3.92. The fourth-order valence-electron chi connectivity index (χ4n) is 4.30. The summed E-state index contributed by atoms with van der Waals surface area (Å²) in [5.74, 6) is 0. The van der Waals surface area contributed by atoms with Crippen LogP contribution in [0.4, 0.5) is 0 Å². The number of hydrogen-bond acceptors (Lipinski definition) is 0. The SMILES string of the molecule is [CH2]CCC/C=C/CCCCCCCCCCCCCCCCCCCCCCC[CH2]. The molecule has 0 heteroatoms. The van der Waals surface area contributed by atoms with Crippen molar-refractivity contribution in [2.75, 3.05) is 0 Å². The molecule has 0 aliphatic heterocycles. The minimum absolute atomic E-state index is 1.07. The van der Waals surface area contributed by atoms with E-state index in [4.69, 9.17) is 0 Å². The first-order valence-corrected chi connectivity index (χ1v) is 14.1. The van der Waals surface area contributed by atoms with Gasteiger partial charge in [0.2, 0.25) is 0 Å². The predicted molar refractivity (Wildman–Crippen MR) is 140 cm³/mol. The van der Waals surface area contributed by atoms with Crippen LogP contribution in [0.1, 0.15) is 167 Å². The van der Waals surface area contributed by atoms with Crippen LogP contribution < -0.4 is 0 Å². The predicted octanol–water partition coefficient (Wildman–Crippen LogP) is 11.4. The molecular weight excluding hydrogens is 360 g/mol. The van der Waals surface area contributed by atoms with Crippen LogP contribution in [0.3, 0.4) is 0 Å². The summed E-state index contributed by atoms with van der Waals surface area (Å²) in [6.07, 6.45) is 41.2. The van der Waals surface area contributed by atoms with Crippen molar-refractivity contribution in [2.24, 2.45) is 0 Å². The fraction of sp³-hybridized carbons (Fsp3) is 0.867. The van der Waals surface area contributed by atoms with Crippen LogP contribution in [0, 0.1) is 13.8 Å². The van der Waals surface area contributed by atoms with E-state index in [0.717, 1.165) is 12.8 Å². The Hall–Kier alpha value is -0.260. The lowest BCUT2D eigenvalue weighted by molar-refractivity contribution is 0.520. The van der Waals surface area contributed by atoms with Gasteiger partial charge in [-0.25, -0.2) is 0 Å². The van der Waals surface area contributed by atoms with E-state index in [9.17, 15) is 0 Å². The molecule has 0 N–H and O–H groups in total. The summed E-state index contributed by atoms with van der Waals surface area (Å²) in [4.78, 5) is 0. The average molecular weight is 419 g/mol. The molecular formula is C30H58. The Balaban J connectivity index is 3.01. The first-order valence-electron chi connectivity index (χ1n) is 14.1. The second kappa shape index (κ2) is 28.7. The van der Waals surface area contributed by atoms with Gasteiger partial charge in [-0.05, 0) is 25.7 Å². The highest BCUT2D eigenvalue weighted by molar-refractivity contribution is 4.81. The standard InChI is InChI=1S/C30H58/c1-3-5-7-9-11-13-15-17-19-21-23-25-27-29-30-28-26-24-22-20-18-16-14-12-10-8-6-4-2/h9,11H,1-8,10,12-30H2/b11-9+. The zero-order valence-corrected chi connectivity index (χ0v) is 21.0. The summed E-state index contributed by atoms with van der Waals surface area (Å²) in [5, 5.41) is 0. The molecule has 0 spiro atoms. The van der Waals surface area contributed by atoms with Crippen LogP contribution in [0.5, 0.6) is 0 Å². The highest BCUT2D eigenvalue weighted by Crippen LogP contribution is 2.15. The number of allylic oxidation sites excluding steroid dienone is 2. The molecule has 0 saturated heterocycles. The molecule has 0 aromatic carbocycles. The molecule has 0 aliphatic rings. The van der Waals surface area contributed by atoms with E-state index < -0.39 is 0 Å². The molecule has 0 nitrogen and oxygen atoms in total. The van der Waals surface area contributed by atoms with Crippen molar-refractivity contribution in [2.45, 2.75) is 167 Å². The Bertz CT molecular complexity index is 303. The van der Waals surface area contributed by atoms with Crippen LogP contribution in [0.15, 0.2) is 12.2 Å². The lowest BCUT2D eigenvalue weighted by atomic mass is 10.0. The van der Waals surface area contributed by atoms with Crippen molar-refractivity contribution < 1.29 is 0 Å². The van der Waals surface area contributed by atoms with E-state index in [1.165, 1.54) is 154 Å². The number of hydrogen-bond donors (Lipinski definition) is 0. The van der Waals surface area contributed by atoms with Gasteiger partial charge >= 0.3 is 0 Å². The highest BCUT2D eigenvalue weighted by atomic mass is 14.0. The highest BCUT2D eigenvalue weighted by Gasteiger charge is 1.95. The Morgan fingerprint density at radius 1 is 0.267 bits per heavy atom. The van der Waals surface area contributed by atoms with Gasteiger partial charge in [0.25, 0.3) is 0 Å². The van der Waals surface area contributed by atoms with Gasteiger partial charge in [-0.15, -0.1) is 0 Å². The van der Waals surface area contributed by atoms with Crippen LogP contribution in [0.25, 0.3) is 0 Å². The Kier molecular flexibility index (Phi) is 28.5. The van der Waals surface area contributed by atoms with Gasteiger partial charge in [0.05, 0.1) is 0 Å². The van der Waals surface area contributed by atoms with Crippen molar-refractivity contribution in [1.82, 2.24) is 0 Å². The van der Waals surface area contributed by atoms with Crippen molar-refractivity contribution in [3.8, 4) is 0 Å². The van der Waals surface area contributed by atoms with Gasteiger partial charge in [0.1, 0.15) is 0 Å². The second-order valence-corrected chi connectivity index (χ2v) is 9.53. The largest absolute Gasteiger partial charge is 0.0885 e. The van der Waals surface area contributed by atoms with Gasteiger partial charge in [0.15, 0.2) is 0 Å². The van der Waals surface area contributed by atoms with E-state index in [-0.39, 0.29) is 0 Å². The molecule has 0 aromatic rings. The quantitative estimate of drug-likeness (QED) is 0.0967. The first kappa shape index (κ1) is 29.7. The maximum atomic E-state index is 3.92. The summed E-state index contributed by atoms with van der Waals surface area (Å²) >= 11 is 0. The van der Waals surface area contributed by atoms with Crippen LogP contribution >= 0.6 is 0 Å². The monoisotopic (exact) mass is 418 g/mol. The van der Waals surface area contributed by atoms with Gasteiger partial charge in [-0.2, -0.15) is 0 Å². The molecule has 0 atom stereocenters. The van der Waals surface area contributed by atoms with E-state index >= 15 is 0 Å². The lowest BCUT2D eigenvalue weighted by Gasteiger charge is -2.04. The van der Waals surface area contributed by atoms with E-state index in [1.807, 2.05) is 0 Å². The third-order valence-corrected chi connectivity index (χ3v) is 6.41. The molecule has 0 heterocycles. The molecule has 0 unspecified atom stereocenters. The molecule has 0 aliphatic carbocycles. The second-order valence-electron chi connectivity index (χ2n) is 9.53. The topological polar surface area (TPSA) is 0 Å². The van der Waals surface area contributed by atoms with E-state index in [2.05, 4.69) is 26.0 Å². The molecule has 0 fully saturated rings. The molecule has 0 rings (SSSR count). The smallest absolute Gasteiger partial charge is 0.0351 e. The van der Waals surface area contributed by atoms with Crippen LogP contribution in [0.2, 0.25) is 0 Å². The van der Waals surface area contributed by atoms with E-state index in [1.54, 1.807) is 0 Å². The molecule has 30 heavy (non-hydrogen) atoms. The van der Waals surface area contributed by atoms with E-state index in [0.29, 0.717) is 0 Å². The minimum atomic E-state index is 1.07.